The molecule has 30 nitrogen and oxygen atoms in total. The maximum atomic E-state index is 14.4. The highest BCUT2D eigenvalue weighted by Gasteiger charge is 2.43. The van der Waals surface area contributed by atoms with Crippen LogP contribution in [-0.4, -0.2) is 219 Å². The average molecular weight is 1290 g/mol. The number of rotatable bonds is 38. The van der Waals surface area contributed by atoms with Gasteiger partial charge in [0.15, 0.2) is 6.04 Å². The zero-order valence-corrected chi connectivity index (χ0v) is 53.6. The van der Waals surface area contributed by atoms with Gasteiger partial charge in [0.25, 0.3) is 0 Å². The number of aliphatic hydroxyl groups excluding tert-OH is 2. The van der Waals surface area contributed by atoms with Gasteiger partial charge in [-0.15, -0.1) is 0 Å². The summed E-state index contributed by atoms with van der Waals surface area (Å²) >= 11 is 1.37. The molecule has 12 amide bonds. The Bertz CT molecular complexity index is 2630. The van der Waals surface area contributed by atoms with E-state index in [-0.39, 0.29) is 57.7 Å². The monoisotopic (exact) mass is 1290 g/mol. The third-order valence-electron chi connectivity index (χ3n) is 15.3. The van der Waals surface area contributed by atoms with Crippen LogP contribution >= 0.6 is 11.8 Å². The quantitative estimate of drug-likeness (QED) is 0.0282. The highest BCUT2D eigenvalue weighted by molar-refractivity contribution is 7.98. The van der Waals surface area contributed by atoms with Crippen molar-refractivity contribution < 1.29 is 77.6 Å². The van der Waals surface area contributed by atoms with Crippen LogP contribution in [0.1, 0.15) is 118 Å². The number of nitrogens with one attached hydrogen (secondary N) is 9. The number of hydrogen-bond donors (Lipinski definition) is 15. The van der Waals surface area contributed by atoms with Gasteiger partial charge in [-0.3, -0.25) is 57.5 Å². The molecule has 1 aromatic carbocycles. The molecule has 0 spiro atoms. The first-order chi connectivity index (χ1) is 42.4. The number of carboxylic acid groups (broad SMARTS) is 1. The lowest BCUT2D eigenvalue weighted by Crippen LogP contribution is -2.61. The summed E-state index contributed by atoms with van der Waals surface area (Å²) in [5.74, 6) is -12.2. The fourth-order valence-electron chi connectivity index (χ4n) is 10.3. The first kappa shape index (κ1) is 76.8. The standard InChI is InChI=1S/C59H96N14O16S/c1-31(2)26-39(67-53(82)42-19-14-23-72(42)57(86)36(61)30-74)51(80)66-40(27-35-16-10-9-11-17-35)52(81)65-38(21-25-90-8)49(78)63-29-45(77)64-37(18-12-13-22-60)50(79)69-47(33(5)6)56(85)70-46(32(3)4)55(84)68-41(28-44(62)76)58(87)73-24-15-20-43(73)54(83)71-48(34(7)75)59(88)89/h9-11,16-17,31-34,36-43,46-48,74-75H,12-15,18-30,60-61H2,1-8H3,(H2,62,76)(H,63,78)(H,64,77)(H,65,81)(H,66,80)(H,67,82)(H,68,84)(H,69,79)(H,70,85)(H,71,83)(H,88,89)/t34-,36+,37+,38+,39+,40+,41+,42+,43+,46+,47+,48+/m1/s1. The summed E-state index contributed by atoms with van der Waals surface area (Å²) in [6.45, 7) is 10.4. The van der Waals surface area contributed by atoms with Crippen LogP contribution in [0.4, 0.5) is 0 Å². The van der Waals surface area contributed by atoms with Gasteiger partial charge in [-0.1, -0.05) is 71.9 Å². The average Bonchev–Trinajstić information content (AvgIpc) is 2.08. The molecule has 2 heterocycles. The first-order valence-corrected chi connectivity index (χ1v) is 31.9. The molecule has 2 aliphatic heterocycles. The Morgan fingerprint density at radius 2 is 1.12 bits per heavy atom. The van der Waals surface area contributed by atoms with E-state index in [0.29, 0.717) is 43.4 Å². The van der Waals surface area contributed by atoms with Gasteiger partial charge in [0.05, 0.1) is 25.7 Å². The van der Waals surface area contributed by atoms with Crippen molar-refractivity contribution in [1.29, 1.82) is 0 Å². The van der Waals surface area contributed by atoms with Crippen LogP contribution in [0.25, 0.3) is 0 Å². The number of likely N-dealkylation sites (tertiary alicyclic amines) is 2. The molecule has 2 saturated heterocycles. The number of amides is 12. The summed E-state index contributed by atoms with van der Waals surface area (Å²) in [6.07, 6.45) is 1.73. The highest BCUT2D eigenvalue weighted by atomic mass is 32.2. The molecule has 0 saturated carbocycles. The van der Waals surface area contributed by atoms with E-state index >= 15 is 0 Å². The third-order valence-corrected chi connectivity index (χ3v) is 15.9. The molecule has 2 fully saturated rings. The Labute approximate surface area is 529 Å². The van der Waals surface area contributed by atoms with E-state index in [0.717, 1.165) is 11.8 Å². The predicted molar refractivity (Wildman–Crippen MR) is 331 cm³/mol. The molecule has 0 radical (unpaired) electrons. The van der Waals surface area contributed by atoms with E-state index in [9.17, 15) is 77.6 Å². The second kappa shape index (κ2) is 38.3. The molecule has 504 valence electrons. The zero-order chi connectivity index (χ0) is 67.5. The number of aliphatic carboxylic acids is 1. The molecule has 2 aliphatic rings. The number of carbonyl (C=O) groups is 13. The predicted octanol–water partition coefficient (Wildman–Crippen LogP) is -3.89. The number of nitrogens with two attached hydrogens (primary N) is 3. The van der Waals surface area contributed by atoms with E-state index in [1.54, 1.807) is 64.3 Å². The molecule has 0 aliphatic carbocycles. The summed E-state index contributed by atoms with van der Waals surface area (Å²) in [6, 6.07) is -5.73. The minimum atomic E-state index is -1.69. The van der Waals surface area contributed by atoms with Gasteiger partial charge in [0.2, 0.25) is 70.9 Å². The summed E-state index contributed by atoms with van der Waals surface area (Å²) in [4.78, 5) is 179. The van der Waals surface area contributed by atoms with Crippen LogP contribution < -0.4 is 65.1 Å². The molecule has 12 atom stereocenters. The van der Waals surface area contributed by atoms with Crippen molar-refractivity contribution in [2.24, 2.45) is 35.0 Å². The van der Waals surface area contributed by atoms with Crippen molar-refractivity contribution in [2.45, 2.75) is 192 Å². The molecule has 90 heavy (non-hydrogen) atoms. The van der Waals surface area contributed by atoms with Crippen LogP contribution in [0, 0.1) is 17.8 Å². The van der Waals surface area contributed by atoms with Gasteiger partial charge >= 0.3 is 5.97 Å². The SMILES string of the molecule is CSCC[C@H](NC(=O)[C@H](Cc1ccccc1)NC(=O)[C@H](CC(C)C)NC(=O)[C@@H]1CCCN1C(=O)[C@@H](N)CO)C(=O)NCC(=O)N[C@@H](CCCCN)C(=O)N[C@H](C(=O)N[C@H](C(=O)N[C@@H](CC(N)=O)C(=O)N1CCC[C@H]1C(=O)N[C@H](C(=O)O)[C@@H](C)O)C(C)C)C(C)C. The van der Waals surface area contributed by atoms with Gasteiger partial charge in [0.1, 0.15) is 60.4 Å². The number of thioether (sulfide) groups is 1. The number of aliphatic hydroxyl groups is 2. The Hall–Kier alpha value is -7.48. The van der Waals surface area contributed by atoms with E-state index in [1.165, 1.54) is 16.7 Å². The maximum Gasteiger partial charge on any atom is 0.328 e. The van der Waals surface area contributed by atoms with Crippen LogP contribution in [-0.2, 0) is 68.7 Å². The molecule has 0 bridgehead atoms. The van der Waals surface area contributed by atoms with E-state index in [1.807, 2.05) is 13.8 Å². The minimum absolute atomic E-state index is 0.0137. The molecule has 31 heteroatoms. The molecule has 3 rings (SSSR count). The number of benzene rings is 1. The maximum absolute atomic E-state index is 14.4. The molecule has 18 N–H and O–H groups in total. The minimum Gasteiger partial charge on any atom is -0.480 e. The fourth-order valence-corrected chi connectivity index (χ4v) is 10.8. The summed E-state index contributed by atoms with van der Waals surface area (Å²) in [5.41, 5.74) is 17.7. The van der Waals surface area contributed by atoms with Gasteiger partial charge < -0.3 is 90.2 Å². The number of nitrogens with zero attached hydrogens (tertiary/aromatic N) is 2. The van der Waals surface area contributed by atoms with Crippen molar-refractivity contribution in [3.8, 4) is 0 Å². The highest BCUT2D eigenvalue weighted by Crippen LogP contribution is 2.22. The third kappa shape index (κ3) is 24.4. The number of carbonyl (C=O) groups excluding carboxylic acids is 12. The molecular formula is C59H96N14O16S. The lowest BCUT2D eigenvalue weighted by atomic mass is 9.98. The van der Waals surface area contributed by atoms with Gasteiger partial charge in [-0.25, -0.2) is 4.79 Å². The molecule has 0 aromatic heterocycles. The summed E-state index contributed by atoms with van der Waals surface area (Å²) < 4.78 is 0. The summed E-state index contributed by atoms with van der Waals surface area (Å²) in [5, 5.41) is 52.3. The van der Waals surface area contributed by atoms with Gasteiger partial charge in [-0.2, -0.15) is 11.8 Å². The fraction of sp³-hybridized carbons (Fsp3) is 0.678. The first-order valence-electron chi connectivity index (χ1n) is 30.6. The van der Waals surface area contributed by atoms with Crippen LogP contribution in [0.5, 0.6) is 0 Å². The number of hydrogen-bond acceptors (Lipinski definition) is 18. The molecule has 0 unspecified atom stereocenters. The Morgan fingerprint density at radius 1 is 0.611 bits per heavy atom. The van der Waals surface area contributed by atoms with Crippen LogP contribution in [0.3, 0.4) is 0 Å². The molecule has 1 aromatic rings. The van der Waals surface area contributed by atoms with E-state index < -0.39 is 181 Å². The number of unbranched alkanes of at least 4 members (excludes halogenated alkanes) is 1. The Balaban J connectivity index is 1.78. The van der Waals surface area contributed by atoms with Crippen molar-refractivity contribution in [1.82, 2.24) is 57.7 Å². The number of primary amides is 1. The molecular weight excluding hydrogens is 1190 g/mol. The van der Waals surface area contributed by atoms with Crippen molar-refractivity contribution in [3.05, 3.63) is 35.9 Å². The lowest BCUT2D eigenvalue weighted by Gasteiger charge is -2.31. The normalized spacial score (nSPS) is 18.1. The van der Waals surface area contributed by atoms with Gasteiger partial charge in [0, 0.05) is 19.5 Å². The van der Waals surface area contributed by atoms with Crippen molar-refractivity contribution in [2.75, 3.05) is 44.8 Å². The Kier molecular flexibility index (Phi) is 32.6. The number of carboxylic acids is 1. The summed E-state index contributed by atoms with van der Waals surface area (Å²) in [7, 11) is 0. The van der Waals surface area contributed by atoms with Crippen molar-refractivity contribution >= 4 is 88.6 Å². The smallest absolute Gasteiger partial charge is 0.328 e. The Morgan fingerprint density at radius 3 is 1.64 bits per heavy atom. The van der Waals surface area contributed by atoms with E-state index in [4.69, 9.17) is 17.2 Å². The zero-order valence-electron chi connectivity index (χ0n) is 52.8. The van der Waals surface area contributed by atoms with Crippen molar-refractivity contribution in [3.63, 3.8) is 0 Å². The largest absolute Gasteiger partial charge is 0.480 e. The van der Waals surface area contributed by atoms with Gasteiger partial charge in [-0.05, 0) is 107 Å². The topological polar surface area (TPSA) is 475 Å². The second-order valence-corrected chi connectivity index (χ2v) is 24.8. The second-order valence-electron chi connectivity index (χ2n) is 23.8. The van der Waals surface area contributed by atoms with E-state index in [2.05, 4.69) is 47.9 Å². The lowest BCUT2D eigenvalue weighted by molar-refractivity contribution is -0.147. The van der Waals surface area contributed by atoms with Crippen LogP contribution in [0.15, 0.2) is 30.3 Å². The van der Waals surface area contributed by atoms with Crippen LogP contribution in [0.2, 0.25) is 0 Å².